The average Bonchev–Trinajstić information content (AvgIpc) is 3.25. The van der Waals surface area contributed by atoms with Crippen LogP contribution in [0.5, 0.6) is 0 Å². The van der Waals surface area contributed by atoms with Crippen LogP contribution in [0.1, 0.15) is 67.1 Å². The Labute approximate surface area is 199 Å². The highest BCUT2D eigenvalue weighted by atomic mass is 16.2. The van der Waals surface area contributed by atoms with Crippen molar-refractivity contribution in [2.45, 2.75) is 25.7 Å². The number of nitrogens with zero attached hydrogens (tertiary/aromatic N) is 2. The fraction of sp³-hybridized carbons (Fsp3) is 0.385. The van der Waals surface area contributed by atoms with E-state index in [0.29, 0.717) is 35.3 Å². The molecular weight excluding hydrogens is 432 g/mol. The van der Waals surface area contributed by atoms with Crippen molar-refractivity contribution in [1.29, 1.82) is 0 Å². The van der Waals surface area contributed by atoms with Crippen LogP contribution >= 0.6 is 0 Å². The maximum absolute atomic E-state index is 12.3. The molecule has 0 saturated heterocycles. The number of rotatable bonds is 13. The van der Waals surface area contributed by atoms with Gasteiger partial charge < -0.3 is 10.6 Å². The van der Waals surface area contributed by atoms with Gasteiger partial charge in [-0.25, -0.2) is 0 Å². The predicted molar refractivity (Wildman–Crippen MR) is 128 cm³/mol. The van der Waals surface area contributed by atoms with Gasteiger partial charge in [-0.3, -0.25) is 29.0 Å². The zero-order chi connectivity index (χ0) is 23.9. The van der Waals surface area contributed by atoms with Crippen molar-refractivity contribution in [3.05, 3.63) is 70.8 Å². The molecule has 0 aliphatic carbocycles. The normalized spacial score (nSPS) is 14.8. The summed E-state index contributed by atoms with van der Waals surface area (Å²) in [5, 5.41) is 6.72. The minimum Gasteiger partial charge on any atom is -0.317 e. The van der Waals surface area contributed by atoms with E-state index < -0.39 is 0 Å². The lowest BCUT2D eigenvalue weighted by Gasteiger charge is -2.14. The molecule has 8 nitrogen and oxygen atoms in total. The van der Waals surface area contributed by atoms with Gasteiger partial charge in [0.1, 0.15) is 0 Å². The van der Waals surface area contributed by atoms with Crippen molar-refractivity contribution < 1.29 is 19.2 Å². The van der Waals surface area contributed by atoms with E-state index in [9.17, 15) is 19.2 Å². The van der Waals surface area contributed by atoms with Crippen molar-refractivity contribution in [2.75, 3.05) is 39.3 Å². The summed E-state index contributed by atoms with van der Waals surface area (Å²) in [5.41, 5.74) is 1.99. The minimum atomic E-state index is -0.199. The summed E-state index contributed by atoms with van der Waals surface area (Å²) < 4.78 is 0. The molecule has 8 heteroatoms. The first-order valence-electron chi connectivity index (χ1n) is 11.9. The third-order valence-electron chi connectivity index (χ3n) is 6.18. The molecule has 178 valence electrons. The maximum atomic E-state index is 12.3. The van der Waals surface area contributed by atoms with Gasteiger partial charge in [0.15, 0.2) is 0 Å². The molecule has 2 heterocycles. The summed E-state index contributed by atoms with van der Waals surface area (Å²) in [5.74, 6) is -0.797. The molecule has 4 rings (SSSR count). The van der Waals surface area contributed by atoms with Gasteiger partial charge in [-0.2, -0.15) is 0 Å². The Morgan fingerprint density at radius 2 is 0.765 bits per heavy atom. The number of hydrogen-bond donors (Lipinski definition) is 2. The number of hydrogen-bond acceptors (Lipinski definition) is 6. The Kier molecular flexibility index (Phi) is 7.82. The molecule has 4 amide bonds. The summed E-state index contributed by atoms with van der Waals surface area (Å²) >= 11 is 0. The Morgan fingerprint density at radius 3 is 1.09 bits per heavy atom. The summed E-state index contributed by atoms with van der Waals surface area (Å²) in [6.07, 6.45) is 3.47. The minimum absolute atomic E-state index is 0.199. The molecule has 2 aliphatic rings. The van der Waals surface area contributed by atoms with Crippen LogP contribution in [0.3, 0.4) is 0 Å². The van der Waals surface area contributed by atoms with Gasteiger partial charge in [0.05, 0.1) is 22.3 Å². The topological polar surface area (TPSA) is 98.8 Å². The van der Waals surface area contributed by atoms with Crippen LogP contribution in [-0.4, -0.2) is 72.7 Å². The van der Waals surface area contributed by atoms with E-state index in [1.807, 2.05) is 0 Å². The monoisotopic (exact) mass is 462 g/mol. The molecule has 0 saturated carbocycles. The molecule has 2 N–H and O–H groups in total. The highest BCUT2D eigenvalue weighted by Crippen LogP contribution is 2.23. The number of benzene rings is 2. The van der Waals surface area contributed by atoms with Gasteiger partial charge in [-0.05, 0) is 76.1 Å². The number of carbonyl (C=O) groups is 4. The third-order valence-corrected chi connectivity index (χ3v) is 6.18. The molecule has 0 unspecified atom stereocenters. The van der Waals surface area contributed by atoms with E-state index in [0.717, 1.165) is 51.9 Å². The lowest BCUT2D eigenvalue weighted by molar-refractivity contribution is 0.0637. The Bertz CT molecular complexity index is 928. The fourth-order valence-corrected chi connectivity index (χ4v) is 4.36. The Balaban J connectivity index is 0.999. The van der Waals surface area contributed by atoms with Gasteiger partial charge >= 0.3 is 0 Å². The van der Waals surface area contributed by atoms with Crippen LogP contribution in [-0.2, 0) is 0 Å². The second-order valence-corrected chi connectivity index (χ2v) is 8.53. The molecule has 0 radical (unpaired) electrons. The fourth-order valence-electron chi connectivity index (χ4n) is 4.36. The summed E-state index contributed by atoms with van der Waals surface area (Å²) in [6, 6.07) is 13.9. The first kappa shape index (κ1) is 23.8. The van der Waals surface area contributed by atoms with Crippen LogP contribution < -0.4 is 10.6 Å². The number of fused-ring (bicyclic) bond motifs is 2. The van der Waals surface area contributed by atoms with Crippen molar-refractivity contribution in [3.8, 4) is 0 Å². The van der Waals surface area contributed by atoms with Gasteiger partial charge in [-0.1, -0.05) is 24.3 Å². The van der Waals surface area contributed by atoms with E-state index in [-0.39, 0.29) is 23.6 Å². The van der Waals surface area contributed by atoms with Crippen molar-refractivity contribution in [2.24, 2.45) is 0 Å². The smallest absolute Gasteiger partial charge is 0.261 e. The Hall–Kier alpha value is -3.36. The van der Waals surface area contributed by atoms with E-state index in [1.54, 1.807) is 48.5 Å². The van der Waals surface area contributed by atoms with Crippen LogP contribution in [0, 0.1) is 0 Å². The molecule has 0 fully saturated rings. The summed E-state index contributed by atoms with van der Waals surface area (Å²) in [6.45, 7) is 4.10. The van der Waals surface area contributed by atoms with Gasteiger partial charge in [0.2, 0.25) is 0 Å². The predicted octanol–water partition coefficient (Wildman–Crippen LogP) is 2.32. The zero-order valence-corrected chi connectivity index (χ0v) is 19.2. The van der Waals surface area contributed by atoms with E-state index >= 15 is 0 Å². The maximum Gasteiger partial charge on any atom is 0.261 e. The quantitative estimate of drug-likeness (QED) is 0.350. The first-order chi connectivity index (χ1) is 16.6. The number of unbranched alkanes of at least 4 members (excludes halogenated alkanes) is 1. The standard InChI is InChI=1S/C26H30N4O4/c31-23-19-9-1-2-10-20(19)24(32)29(23)17-7-15-27-13-5-6-14-28-16-8-18-30-25(33)21-11-3-4-12-22(21)26(30)34/h1-4,9-12,27-28H,5-8,13-18H2. The van der Waals surface area contributed by atoms with Gasteiger partial charge in [0.25, 0.3) is 23.6 Å². The molecular formula is C26H30N4O4. The lowest BCUT2D eigenvalue weighted by Crippen LogP contribution is -2.33. The van der Waals surface area contributed by atoms with Crippen LogP contribution in [0.2, 0.25) is 0 Å². The highest BCUT2D eigenvalue weighted by molar-refractivity contribution is 6.22. The average molecular weight is 463 g/mol. The van der Waals surface area contributed by atoms with E-state index in [1.165, 1.54) is 9.80 Å². The molecule has 0 bridgehead atoms. The highest BCUT2D eigenvalue weighted by Gasteiger charge is 2.35. The summed E-state index contributed by atoms with van der Waals surface area (Å²) in [4.78, 5) is 51.9. The molecule has 0 spiro atoms. The molecule has 2 aromatic rings. The van der Waals surface area contributed by atoms with Gasteiger partial charge in [-0.15, -0.1) is 0 Å². The second-order valence-electron chi connectivity index (χ2n) is 8.53. The molecule has 2 aliphatic heterocycles. The van der Waals surface area contributed by atoms with E-state index in [4.69, 9.17) is 0 Å². The molecule has 34 heavy (non-hydrogen) atoms. The largest absolute Gasteiger partial charge is 0.317 e. The third kappa shape index (κ3) is 5.08. The zero-order valence-electron chi connectivity index (χ0n) is 19.2. The number of amides is 4. The van der Waals surface area contributed by atoms with Gasteiger partial charge in [0, 0.05) is 13.1 Å². The second kappa shape index (κ2) is 11.2. The molecule has 0 atom stereocenters. The Morgan fingerprint density at radius 1 is 0.471 bits per heavy atom. The number of carbonyl (C=O) groups excluding carboxylic acids is 4. The van der Waals surface area contributed by atoms with Crippen molar-refractivity contribution in [3.63, 3.8) is 0 Å². The van der Waals surface area contributed by atoms with Crippen LogP contribution in [0.25, 0.3) is 0 Å². The van der Waals surface area contributed by atoms with Crippen LogP contribution in [0.15, 0.2) is 48.5 Å². The van der Waals surface area contributed by atoms with Crippen LogP contribution in [0.4, 0.5) is 0 Å². The lowest BCUT2D eigenvalue weighted by atomic mass is 10.1. The number of imide groups is 2. The molecule has 2 aromatic carbocycles. The number of nitrogens with one attached hydrogen (secondary N) is 2. The van der Waals surface area contributed by atoms with E-state index in [2.05, 4.69) is 10.6 Å². The molecule has 0 aromatic heterocycles. The summed E-state index contributed by atoms with van der Waals surface area (Å²) in [7, 11) is 0. The first-order valence-corrected chi connectivity index (χ1v) is 11.9. The van der Waals surface area contributed by atoms with Crippen molar-refractivity contribution in [1.82, 2.24) is 20.4 Å². The van der Waals surface area contributed by atoms with Crippen molar-refractivity contribution >= 4 is 23.6 Å². The SMILES string of the molecule is O=C1c2ccccc2C(=O)N1CCCNCCCCNCCCN1C(=O)c2ccccc2C1=O.